The summed E-state index contributed by atoms with van der Waals surface area (Å²) in [5.74, 6) is -2.62. The lowest BCUT2D eigenvalue weighted by Crippen LogP contribution is -2.49. The monoisotopic (exact) mass is 1010 g/mol. The van der Waals surface area contributed by atoms with Crippen LogP contribution in [0.3, 0.4) is 0 Å². The summed E-state index contributed by atoms with van der Waals surface area (Å²) >= 11 is 0. The second kappa shape index (κ2) is 27.8. The predicted molar refractivity (Wildman–Crippen MR) is 270 cm³/mol. The van der Waals surface area contributed by atoms with Gasteiger partial charge in [-0.2, -0.15) is 5.06 Å². The maximum atomic E-state index is 14.0. The van der Waals surface area contributed by atoms with E-state index >= 15 is 0 Å². The Hall–Kier alpha value is -6.62. The first-order valence-electron chi connectivity index (χ1n) is 24.5. The Morgan fingerprint density at radius 1 is 0.778 bits per heavy atom. The number of benzene rings is 4. The predicted octanol–water partition coefficient (Wildman–Crippen LogP) is 8.81. The molecule has 1 fully saturated rings. The van der Waals surface area contributed by atoms with Crippen LogP contribution in [-0.2, 0) is 52.5 Å². The van der Waals surface area contributed by atoms with E-state index in [1.165, 1.54) is 12.1 Å². The number of nitrogens with one attached hydrogen (secondary N) is 3. The molecule has 17 nitrogen and oxygen atoms in total. The third-order valence-electron chi connectivity index (χ3n) is 12.1. The number of rotatable bonds is 28. The first kappa shape index (κ1) is 54.7. The van der Waals surface area contributed by atoms with E-state index in [4.69, 9.17) is 27.8 Å². The molecule has 1 aliphatic heterocycles. The van der Waals surface area contributed by atoms with Gasteiger partial charge in [-0.3, -0.25) is 28.6 Å². The molecule has 4 aromatic carbocycles. The first-order chi connectivity index (χ1) is 34.9. The maximum Gasteiger partial charge on any atom is 0.363 e. The Bertz CT molecular complexity index is 2560. The van der Waals surface area contributed by atoms with E-state index in [1.807, 2.05) is 93.6 Å². The number of ether oxygens (including phenoxy) is 2. The summed E-state index contributed by atoms with van der Waals surface area (Å²) in [6.45, 7) is 11.1. The number of furan rings is 1. The second-order valence-electron chi connectivity index (χ2n) is 17.3. The normalized spacial score (nSPS) is 13.6. The largest absolute Gasteiger partial charge is 0.493 e. The molecule has 0 spiro atoms. The van der Waals surface area contributed by atoms with Crippen LogP contribution in [0, 0.1) is 12.8 Å². The molecule has 1 saturated heterocycles. The minimum atomic E-state index is -3.86. The first-order valence-corrected chi connectivity index (χ1v) is 26.2. The van der Waals surface area contributed by atoms with Crippen LogP contribution in [-0.4, -0.2) is 92.0 Å². The number of nitrogens with zero attached hydrogens (tertiary/aromatic N) is 2. The fourth-order valence-corrected chi connectivity index (χ4v) is 9.49. The van der Waals surface area contributed by atoms with Gasteiger partial charge in [0.1, 0.15) is 17.8 Å². The molecule has 5 aromatic rings. The highest BCUT2D eigenvalue weighted by Crippen LogP contribution is 2.49. The van der Waals surface area contributed by atoms with Gasteiger partial charge >= 0.3 is 13.6 Å². The molecule has 6 rings (SSSR count). The van der Waals surface area contributed by atoms with Gasteiger partial charge in [0.05, 0.1) is 62.8 Å². The van der Waals surface area contributed by atoms with Crippen LogP contribution in [0.4, 0.5) is 0 Å². The quantitative estimate of drug-likeness (QED) is 0.0141. The molecule has 384 valence electrons. The van der Waals surface area contributed by atoms with Crippen molar-refractivity contribution in [1.29, 1.82) is 0 Å². The van der Waals surface area contributed by atoms with E-state index in [0.717, 1.165) is 54.2 Å². The van der Waals surface area contributed by atoms with Crippen molar-refractivity contribution in [3.8, 4) is 17.1 Å². The Balaban J connectivity index is 1.05. The number of unbranched alkanes of at least 4 members (excludes halogenated alkanes) is 2. The molecular weight excluding hydrogens is 942 g/mol. The van der Waals surface area contributed by atoms with Crippen molar-refractivity contribution in [3.05, 3.63) is 148 Å². The highest BCUT2D eigenvalue weighted by molar-refractivity contribution is 7.53. The van der Waals surface area contributed by atoms with E-state index in [2.05, 4.69) is 20.9 Å². The van der Waals surface area contributed by atoms with Crippen LogP contribution in [0.25, 0.3) is 11.3 Å². The average Bonchev–Trinajstić information content (AvgIpc) is 3.90. The van der Waals surface area contributed by atoms with E-state index in [9.17, 15) is 28.5 Å². The zero-order valence-corrected chi connectivity index (χ0v) is 42.4. The molecule has 0 aliphatic carbocycles. The summed E-state index contributed by atoms with van der Waals surface area (Å²) in [7, 11) is -3.86. The zero-order chi connectivity index (χ0) is 51.3. The van der Waals surface area contributed by atoms with Gasteiger partial charge in [0.25, 0.3) is 11.8 Å². The number of hydroxylamine groups is 2. The lowest BCUT2D eigenvalue weighted by molar-refractivity contribution is -0.171. The smallest absolute Gasteiger partial charge is 0.363 e. The summed E-state index contributed by atoms with van der Waals surface area (Å²) < 4.78 is 42.9. The zero-order valence-electron chi connectivity index (χ0n) is 41.5. The van der Waals surface area contributed by atoms with Crippen molar-refractivity contribution in [2.45, 2.75) is 85.6 Å². The fourth-order valence-electron chi connectivity index (χ4n) is 8.21. The van der Waals surface area contributed by atoms with Crippen LogP contribution in [0.1, 0.15) is 106 Å². The topological polar surface area (TPSA) is 204 Å². The molecule has 0 unspecified atom stereocenters. The summed E-state index contributed by atoms with van der Waals surface area (Å²) in [5, 5.41) is 9.06. The van der Waals surface area contributed by atoms with E-state index in [-0.39, 0.29) is 43.6 Å². The number of morpholine rings is 1. The van der Waals surface area contributed by atoms with Crippen molar-refractivity contribution >= 4 is 37.7 Å². The van der Waals surface area contributed by atoms with Gasteiger partial charge in [-0.05, 0) is 79.3 Å². The van der Waals surface area contributed by atoms with Crippen molar-refractivity contribution < 1.29 is 56.3 Å². The lowest BCUT2D eigenvalue weighted by atomic mass is 9.90. The van der Waals surface area contributed by atoms with Crippen LogP contribution >= 0.6 is 7.60 Å². The van der Waals surface area contributed by atoms with Gasteiger partial charge in [-0.1, -0.05) is 112 Å². The van der Waals surface area contributed by atoms with Crippen molar-refractivity contribution in [2.75, 3.05) is 45.9 Å². The number of aryl methyl sites for hydroxylation is 1. The van der Waals surface area contributed by atoms with Gasteiger partial charge < -0.3 is 43.7 Å². The molecule has 72 heavy (non-hydrogen) atoms. The van der Waals surface area contributed by atoms with E-state index in [0.29, 0.717) is 61.3 Å². The summed E-state index contributed by atoms with van der Waals surface area (Å²) in [4.78, 5) is 74.8. The minimum absolute atomic E-state index is 0.00720. The van der Waals surface area contributed by atoms with Crippen LogP contribution in [0.5, 0.6) is 5.75 Å². The molecule has 2 heterocycles. The van der Waals surface area contributed by atoms with Gasteiger partial charge in [-0.15, -0.1) is 0 Å². The number of hydrogen-bond donors (Lipinski definition) is 3. The van der Waals surface area contributed by atoms with Gasteiger partial charge in [-0.25, -0.2) is 4.79 Å². The van der Waals surface area contributed by atoms with E-state index in [1.54, 1.807) is 31.2 Å². The average molecular weight is 1010 g/mol. The van der Waals surface area contributed by atoms with Gasteiger partial charge in [0, 0.05) is 25.2 Å². The van der Waals surface area contributed by atoms with Gasteiger partial charge in [0.15, 0.2) is 5.76 Å². The Morgan fingerprint density at radius 3 is 2.08 bits per heavy atom. The summed E-state index contributed by atoms with van der Waals surface area (Å²) in [5.41, 5.74) is 4.29. The molecule has 0 radical (unpaired) electrons. The molecule has 2 atom stereocenters. The minimum Gasteiger partial charge on any atom is -0.493 e. The Kier molecular flexibility index (Phi) is 21.2. The van der Waals surface area contributed by atoms with Crippen LogP contribution in [0.2, 0.25) is 0 Å². The van der Waals surface area contributed by atoms with Crippen LogP contribution < -0.4 is 20.7 Å². The molecular formula is C54H66N5O12P. The maximum absolute atomic E-state index is 14.0. The molecule has 0 saturated carbocycles. The second-order valence-corrected chi connectivity index (χ2v) is 19.3. The van der Waals surface area contributed by atoms with Crippen molar-refractivity contribution in [1.82, 2.24) is 25.9 Å². The summed E-state index contributed by atoms with van der Waals surface area (Å²) in [6.07, 6.45) is 3.16. The SMILES string of the molecule is CCCCC[C@@H](C(=O)NCNC(=O)c1ccc(-c2ccc(C(=O)NCP(=O)(OCc3ccccc3)OCc3ccccc3)c(OCC)c2)o1)[C@@H](CC)N(C=O)OC(=O)c1ccc(CN2CCOCC2)cc1C. The molecule has 0 bridgehead atoms. The Morgan fingerprint density at radius 2 is 1.46 bits per heavy atom. The lowest BCUT2D eigenvalue weighted by Gasteiger charge is -2.32. The van der Waals surface area contributed by atoms with Gasteiger partial charge in [0.2, 0.25) is 12.3 Å². The fraction of sp³-hybridized carbons (Fsp3) is 0.389. The molecule has 18 heteroatoms. The van der Waals surface area contributed by atoms with Crippen molar-refractivity contribution in [3.63, 3.8) is 0 Å². The number of amides is 4. The number of carbonyl (C=O) groups is 5. The highest BCUT2D eigenvalue weighted by atomic mass is 31.2. The highest BCUT2D eigenvalue weighted by Gasteiger charge is 2.34. The third kappa shape index (κ3) is 15.9. The van der Waals surface area contributed by atoms with E-state index < -0.39 is 49.5 Å². The molecule has 4 amide bonds. The van der Waals surface area contributed by atoms with Crippen LogP contribution in [0.15, 0.2) is 114 Å². The molecule has 1 aliphatic rings. The summed E-state index contributed by atoms with van der Waals surface area (Å²) in [6, 6.07) is 31.0. The number of hydrogen-bond acceptors (Lipinski definition) is 13. The third-order valence-corrected chi connectivity index (χ3v) is 13.7. The van der Waals surface area contributed by atoms with Crippen molar-refractivity contribution in [2.24, 2.45) is 5.92 Å². The molecule has 3 N–H and O–H groups in total. The Labute approximate surface area is 421 Å². The standard InChI is InChI=1S/C54H66N5O12P/c1-5-8-11-20-45(47(6-2)59(38-60)71-54(64)44-23-21-42(31-39(44)4)33-58-27-29-66-30-28-58)51(61)55-36-56-53(63)49-26-25-48(70-49)43-22-24-46(50(32-43)67-7-3)52(62)57-37-72(65,68-34-40-16-12-9-13-17-40)69-35-41-18-14-10-15-19-41/h9-10,12-19,21-26,31-32,38,45,47H,5-8,11,20,27-30,33-37H2,1-4H3,(H,55,61)(H,56,63)(H,57,62)/t45-,47-/m1/s1. The number of carbonyl (C=O) groups excluding carboxylic acids is 5. The molecule has 1 aromatic heterocycles.